The summed E-state index contributed by atoms with van der Waals surface area (Å²) >= 11 is 0. The van der Waals surface area contributed by atoms with Crippen molar-refractivity contribution in [3.63, 3.8) is 0 Å². The van der Waals surface area contributed by atoms with Crippen LogP contribution in [0, 0.1) is 0 Å². The molecule has 0 atom stereocenters. The molecule has 1 spiro atoms. The minimum Gasteiger partial charge on any atom is -0.543 e. The second kappa shape index (κ2) is 8.46. The molecule has 0 bridgehead atoms. The number of ether oxygens (including phenoxy) is 1. The van der Waals surface area contributed by atoms with Gasteiger partial charge in [0.2, 0.25) is 0 Å². The predicted molar refractivity (Wildman–Crippen MR) is 132 cm³/mol. The van der Waals surface area contributed by atoms with Gasteiger partial charge in [0.15, 0.2) is 0 Å². The SMILES string of the molecule is CC(C)[Si](Oc1ccc2c(c1)OC1(CCCC1)C(c1cccnc1)=C2)(C(C)C)C(C)C. The van der Waals surface area contributed by atoms with Gasteiger partial charge in [-0.25, -0.2) is 0 Å². The summed E-state index contributed by atoms with van der Waals surface area (Å²) in [6.45, 7) is 14.0. The Morgan fingerprint density at radius 3 is 2.23 bits per heavy atom. The Hall–Kier alpha value is -2.07. The molecule has 0 radical (unpaired) electrons. The maximum Gasteiger partial charge on any atom is 0.258 e. The fraction of sp³-hybridized carbons (Fsp3) is 0.519. The molecule has 1 fully saturated rings. The van der Waals surface area contributed by atoms with Gasteiger partial charge in [-0.2, -0.15) is 0 Å². The lowest BCUT2D eigenvalue weighted by atomic mass is 9.83. The molecule has 1 aromatic carbocycles. The number of aromatic nitrogens is 1. The first kappa shape index (κ1) is 22.1. The highest BCUT2D eigenvalue weighted by atomic mass is 28.4. The summed E-state index contributed by atoms with van der Waals surface area (Å²) in [6, 6.07) is 10.6. The second-order valence-electron chi connectivity index (χ2n) is 10.2. The molecule has 1 saturated carbocycles. The minimum absolute atomic E-state index is 0.239. The molecule has 3 nitrogen and oxygen atoms in total. The van der Waals surface area contributed by atoms with E-state index in [1.54, 1.807) is 0 Å². The van der Waals surface area contributed by atoms with Crippen molar-refractivity contribution in [3.8, 4) is 11.5 Å². The molecular weight excluding hydrogens is 398 g/mol. The van der Waals surface area contributed by atoms with E-state index in [1.165, 1.54) is 24.0 Å². The third-order valence-electron chi connectivity index (χ3n) is 7.47. The Balaban J connectivity index is 1.74. The van der Waals surface area contributed by atoms with Crippen LogP contribution in [-0.2, 0) is 0 Å². The first-order valence-electron chi connectivity index (χ1n) is 11.9. The van der Waals surface area contributed by atoms with Gasteiger partial charge in [0.1, 0.15) is 17.1 Å². The molecule has 0 saturated heterocycles. The smallest absolute Gasteiger partial charge is 0.258 e. The molecule has 1 aromatic heterocycles. The molecule has 1 aliphatic carbocycles. The molecule has 4 heteroatoms. The fourth-order valence-electron chi connectivity index (χ4n) is 6.08. The van der Waals surface area contributed by atoms with Gasteiger partial charge in [0.25, 0.3) is 8.32 Å². The number of nitrogens with zero attached hydrogens (tertiary/aromatic N) is 1. The summed E-state index contributed by atoms with van der Waals surface area (Å²) in [5.41, 5.74) is 4.97. The van der Waals surface area contributed by atoms with Crippen LogP contribution in [-0.4, -0.2) is 18.9 Å². The van der Waals surface area contributed by atoms with E-state index in [1.807, 2.05) is 18.5 Å². The van der Waals surface area contributed by atoms with Crippen LogP contribution in [0.4, 0.5) is 0 Å². The highest BCUT2D eigenvalue weighted by molar-refractivity contribution is 6.78. The van der Waals surface area contributed by atoms with Gasteiger partial charge in [-0.15, -0.1) is 0 Å². The number of benzene rings is 1. The van der Waals surface area contributed by atoms with Gasteiger partial charge in [0.05, 0.1) is 0 Å². The Morgan fingerprint density at radius 1 is 0.968 bits per heavy atom. The fourth-order valence-corrected chi connectivity index (χ4v) is 11.3. The van der Waals surface area contributed by atoms with Crippen molar-refractivity contribution < 1.29 is 9.16 Å². The summed E-state index contributed by atoms with van der Waals surface area (Å²) in [5.74, 6) is 1.93. The quantitative estimate of drug-likeness (QED) is 0.432. The second-order valence-corrected chi connectivity index (χ2v) is 15.6. The van der Waals surface area contributed by atoms with Crippen LogP contribution in [0.1, 0.15) is 78.4 Å². The summed E-state index contributed by atoms with van der Waals surface area (Å²) in [4.78, 5) is 4.36. The van der Waals surface area contributed by atoms with E-state index in [4.69, 9.17) is 9.16 Å². The molecule has 0 unspecified atom stereocenters. The molecule has 1 aliphatic heterocycles. The number of hydrogen-bond donors (Lipinski definition) is 0. The van der Waals surface area contributed by atoms with Crippen LogP contribution < -0.4 is 9.16 Å². The normalized spacial score (nSPS) is 17.8. The maximum absolute atomic E-state index is 6.94. The van der Waals surface area contributed by atoms with E-state index in [2.05, 4.69) is 76.9 Å². The topological polar surface area (TPSA) is 31.4 Å². The van der Waals surface area contributed by atoms with E-state index in [0.717, 1.165) is 29.9 Å². The highest BCUT2D eigenvalue weighted by Crippen LogP contribution is 2.50. The van der Waals surface area contributed by atoms with Gasteiger partial charge in [0, 0.05) is 29.6 Å². The molecule has 2 heterocycles. The van der Waals surface area contributed by atoms with Gasteiger partial charge in [-0.1, -0.05) is 47.6 Å². The Morgan fingerprint density at radius 2 is 1.65 bits per heavy atom. The number of fused-ring (bicyclic) bond motifs is 1. The first-order valence-corrected chi connectivity index (χ1v) is 14.1. The van der Waals surface area contributed by atoms with E-state index in [9.17, 15) is 0 Å². The maximum atomic E-state index is 6.94. The lowest BCUT2D eigenvalue weighted by molar-refractivity contribution is 0.135. The minimum atomic E-state index is -2.00. The molecule has 2 aliphatic rings. The molecular formula is C27H37NO2Si. The Labute approximate surface area is 189 Å². The molecule has 166 valence electrons. The van der Waals surface area contributed by atoms with Crippen LogP contribution in [0.3, 0.4) is 0 Å². The zero-order chi connectivity index (χ0) is 22.2. The van der Waals surface area contributed by atoms with Crippen molar-refractivity contribution in [3.05, 3.63) is 53.9 Å². The van der Waals surface area contributed by atoms with Crippen molar-refractivity contribution in [1.82, 2.24) is 4.98 Å². The van der Waals surface area contributed by atoms with Gasteiger partial charge in [-0.3, -0.25) is 4.98 Å². The summed E-state index contributed by atoms with van der Waals surface area (Å²) in [5, 5.41) is 0. The van der Waals surface area contributed by atoms with E-state index in [-0.39, 0.29) is 5.60 Å². The molecule has 0 N–H and O–H groups in total. The first-order chi connectivity index (χ1) is 14.8. The third-order valence-corrected chi connectivity index (χ3v) is 13.5. The van der Waals surface area contributed by atoms with Crippen molar-refractivity contribution in [1.29, 1.82) is 0 Å². The Kier molecular flexibility index (Phi) is 6.04. The van der Waals surface area contributed by atoms with Crippen molar-refractivity contribution in [2.45, 2.75) is 89.5 Å². The lowest BCUT2D eigenvalue weighted by Crippen LogP contribution is -2.50. The molecule has 0 amide bonds. The summed E-state index contributed by atoms with van der Waals surface area (Å²) in [6.07, 6.45) is 10.6. The number of rotatable bonds is 6. The number of hydrogen-bond acceptors (Lipinski definition) is 3. The average molecular weight is 436 g/mol. The van der Waals surface area contributed by atoms with Crippen LogP contribution in [0.2, 0.25) is 16.6 Å². The highest BCUT2D eigenvalue weighted by Gasteiger charge is 2.47. The summed E-state index contributed by atoms with van der Waals surface area (Å²) in [7, 11) is -2.00. The Bertz CT molecular complexity index is 921. The van der Waals surface area contributed by atoms with Crippen LogP contribution >= 0.6 is 0 Å². The van der Waals surface area contributed by atoms with Crippen LogP contribution in [0.25, 0.3) is 11.6 Å². The molecule has 31 heavy (non-hydrogen) atoms. The largest absolute Gasteiger partial charge is 0.543 e. The molecule has 2 aromatic rings. The van der Waals surface area contributed by atoms with Crippen molar-refractivity contribution >= 4 is 20.0 Å². The van der Waals surface area contributed by atoms with Gasteiger partial charge in [-0.05, 0) is 72.1 Å². The van der Waals surface area contributed by atoms with Gasteiger partial charge < -0.3 is 9.16 Å². The van der Waals surface area contributed by atoms with E-state index < -0.39 is 8.32 Å². The monoisotopic (exact) mass is 435 g/mol. The third kappa shape index (κ3) is 3.84. The van der Waals surface area contributed by atoms with Gasteiger partial charge >= 0.3 is 0 Å². The van der Waals surface area contributed by atoms with Crippen LogP contribution in [0.15, 0.2) is 42.7 Å². The van der Waals surface area contributed by atoms with E-state index >= 15 is 0 Å². The summed E-state index contributed by atoms with van der Waals surface area (Å²) < 4.78 is 13.8. The lowest BCUT2D eigenvalue weighted by Gasteiger charge is -2.42. The zero-order valence-corrected chi connectivity index (χ0v) is 20.9. The number of pyridine rings is 1. The standard InChI is InChI=1S/C27H37NO2Si/c1-19(2)31(20(3)4,21(5)6)30-24-12-11-22-16-25(23-10-9-15-28-18-23)27(13-7-8-14-27)29-26(22)17-24/h9-12,15-21H,7-8,13-14H2,1-6H3. The van der Waals surface area contributed by atoms with E-state index in [0.29, 0.717) is 16.6 Å². The molecule has 4 rings (SSSR count). The van der Waals surface area contributed by atoms with Crippen molar-refractivity contribution in [2.75, 3.05) is 0 Å². The van der Waals surface area contributed by atoms with Crippen LogP contribution in [0.5, 0.6) is 11.5 Å². The zero-order valence-electron chi connectivity index (χ0n) is 19.9. The average Bonchev–Trinajstić information content (AvgIpc) is 3.19. The predicted octanol–water partition coefficient (Wildman–Crippen LogP) is 7.88. The van der Waals surface area contributed by atoms with Crippen molar-refractivity contribution in [2.24, 2.45) is 0 Å².